The number of hydrogen-bond acceptors (Lipinski definition) is 3. The van der Waals surface area contributed by atoms with Gasteiger partial charge in [0, 0.05) is 3.57 Å². The second kappa shape index (κ2) is 4.61. The van der Waals surface area contributed by atoms with E-state index in [4.69, 9.17) is 4.74 Å². The number of esters is 1. The van der Waals surface area contributed by atoms with E-state index in [-0.39, 0.29) is 17.5 Å². The summed E-state index contributed by atoms with van der Waals surface area (Å²) in [6.45, 7) is 0. The molecule has 0 spiro atoms. The summed E-state index contributed by atoms with van der Waals surface area (Å²) in [5.74, 6) is -0.588. The molecule has 0 aromatic heterocycles. The summed E-state index contributed by atoms with van der Waals surface area (Å²) in [6, 6.07) is 4.85. The summed E-state index contributed by atoms with van der Waals surface area (Å²) in [5, 5.41) is 9.37. The summed E-state index contributed by atoms with van der Waals surface area (Å²) in [5.41, 5.74) is 0.210. The molecular weight excluding hydrogens is 299 g/mol. The molecule has 0 heterocycles. The van der Waals surface area contributed by atoms with E-state index in [1.807, 2.05) is 22.6 Å². The molecule has 0 aliphatic carbocycles. The van der Waals surface area contributed by atoms with Gasteiger partial charge in [-0.3, -0.25) is 0 Å². The summed E-state index contributed by atoms with van der Waals surface area (Å²) >= 11 is 1.96. The van der Waals surface area contributed by atoms with Crippen LogP contribution in [-0.4, -0.2) is 27.5 Å². The third kappa shape index (κ3) is 2.44. The molecular formula is C8H6IO3Si. The average molecular weight is 305 g/mol. The Morgan fingerprint density at radius 3 is 2.85 bits per heavy atom. The van der Waals surface area contributed by atoms with E-state index < -0.39 is 5.97 Å². The number of carbonyl (C=O) groups excluding carboxylic acids is 1. The molecule has 0 aliphatic rings. The van der Waals surface area contributed by atoms with Crippen LogP contribution >= 0.6 is 22.6 Å². The molecule has 13 heavy (non-hydrogen) atoms. The molecule has 0 bridgehead atoms. The van der Waals surface area contributed by atoms with Crippen molar-refractivity contribution in [2.24, 2.45) is 0 Å². The van der Waals surface area contributed by atoms with Gasteiger partial charge in [-0.25, -0.2) is 4.79 Å². The van der Waals surface area contributed by atoms with Gasteiger partial charge in [-0.15, -0.1) is 0 Å². The summed E-state index contributed by atoms with van der Waals surface area (Å²) in [7, 11) is 3.02. The first-order valence-electron chi connectivity index (χ1n) is 3.46. The van der Waals surface area contributed by atoms with Gasteiger partial charge in [0.15, 0.2) is 0 Å². The SMILES string of the molecule is O=C(OC[Si])c1c(O)cccc1I. The summed E-state index contributed by atoms with van der Waals surface area (Å²) in [6.07, 6.45) is 0.114. The smallest absolute Gasteiger partial charge is 0.342 e. The van der Waals surface area contributed by atoms with E-state index in [0.29, 0.717) is 3.57 Å². The Hall–Kier alpha value is -0.563. The van der Waals surface area contributed by atoms with Gasteiger partial charge in [0.05, 0.1) is 16.5 Å². The van der Waals surface area contributed by atoms with Crippen molar-refractivity contribution in [3.05, 3.63) is 27.3 Å². The first-order chi connectivity index (χ1) is 6.16. The number of aromatic hydroxyl groups is 1. The van der Waals surface area contributed by atoms with Crippen molar-refractivity contribution in [2.75, 3.05) is 6.23 Å². The number of ether oxygens (including phenoxy) is 1. The average Bonchev–Trinajstić information content (AvgIpc) is 2.04. The van der Waals surface area contributed by atoms with Crippen LogP contribution in [-0.2, 0) is 4.74 Å². The van der Waals surface area contributed by atoms with Crippen LogP contribution in [0.4, 0.5) is 0 Å². The quantitative estimate of drug-likeness (QED) is 0.509. The predicted octanol–water partition coefficient (Wildman–Crippen LogP) is 1.28. The Morgan fingerprint density at radius 1 is 1.62 bits per heavy atom. The lowest BCUT2D eigenvalue weighted by Gasteiger charge is -2.05. The van der Waals surface area contributed by atoms with Crippen molar-refractivity contribution in [3.8, 4) is 5.75 Å². The number of phenols is 1. The van der Waals surface area contributed by atoms with Gasteiger partial charge in [0.25, 0.3) is 0 Å². The number of rotatable bonds is 2. The van der Waals surface area contributed by atoms with Gasteiger partial charge in [-0.2, -0.15) is 0 Å². The minimum Gasteiger partial charge on any atom is -0.507 e. The van der Waals surface area contributed by atoms with Crippen LogP contribution in [0.25, 0.3) is 0 Å². The van der Waals surface area contributed by atoms with Gasteiger partial charge < -0.3 is 9.84 Å². The van der Waals surface area contributed by atoms with E-state index in [9.17, 15) is 9.90 Å². The van der Waals surface area contributed by atoms with Gasteiger partial charge in [-0.05, 0) is 34.7 Å². The molecule has 3 radical (unpaired) electrons. The van der Waals surface area contributed by atoms with Crippen LogP contribution in [0.2, 0.25) is 0 Å². The maximum absolute atomic E-state index is 11.3. The third-order valence-corrected chi connectivity index (χ3v) is 2.44. The van der Waals surface area contributed by atoms with Crippen molar-refractivity contribution >= 4 is 38.8 Å². The molecule has 0 aliphatic heterocycles. The highest BCUT2D eigenvalue weighted by molar-refractivity contribution is 14.1. The second-order valence-corrected chi connectivity index (χ2v) is 3.66. The first-order valence-corrected chi connectivity index (χ1v) is 5.24. The lowest BCUT2D eigenvalue weighted by Crippen LogP contribution is -2.08. The van der Waals surface area contributed by atoms with Crippen molar-refractivity contribution in [1.82, 2.24) is 0 Å². The van der Waals surface area contributed by atoms with Gasteiger partial charge in [0.1, 0.15) is 11.3 Å². The Bertz CT molecular complexity index is 307. The van der Waals surface area contributed by atoms with Crippen LogP contribution in [0, 0.1) is 3.57 Å². The second-order valence-electron chi connectivity index (χ2n) is 2.21. The minimum atomic E-state index is -0.530. The zero-order valence-electron chi connectivity index (χ0n) is 6.58. The van der Waals surface area contributed by atoms with Crippen LogP contribution in [0.3, 0.4) is 0 Å². The first kappa shape index (κ1) is 10.5. The van der Waals surface area contributed by atoms with E-state index in [1.54, 1.807) is 12.1 Å². The predicted molar refractivity (Wildman–Crippen MR) is 56.9 cm³/mol. The van der Waals surface area contributed by atoms with E-state index >= 15 is 0 Å². The number of halogens is 1. The summed E-state index contributed by atoms with van der Waals surface area (Å²) in [4.78, 5) is 11.3. The Labute approximate surface area is 92.7 Å². The fourth-order valence-corrected chi connectivity index (χ4v) is 1.69. The van der Waals surface area contributed by atoms with E-state index in [0.717, 1.165) is 0 Å². The minimum absolute atomic E-state index is 0.0583. The summed E-state index contributed by atoms with van der Waals surface area (Å²) < 4.78 is 5.37. The molecule has 0 unspecified atom stereocenters. The molecule has 3 nitrogen and oxygen atoms in total. The number of hydrogen-bond donors (Lipinski definition) is 1. The molecule has 67 valence electrons. The van der Waals surface area contributed by atoms with Gasteiger partial charge in [0.2, 0.25) is 0 Å². The van der Waals surface area contributed by atoms with E-state index in [1.165, 1.54) is 6.07 Å². The largest absolute Gasteiger partial charge is 0.507 e. The highest BCUT2D eigenvalue weighted by atomic mass is 127. The maximum atomic E-state index is 11.3. The Kier molecular flexibility index (Phi) is 3.73. The molecule has 1 aromatic carbocycles. The number of benzene rings is 1. The van der Waals surface area contributed by atoms with Crippen molar-refractivity contribution in [2.45, 2.75) is 0 Å². The zero-order chi connectivity index (χ0) is 9.84. The standard InChI is InChI=1S/C8H6IO3Si/c9-5-2-1-3-6(10)7(5)8(11)12-4-13/h1-3,10H,4H2. The molecule has 0 saturated heterocycles. The van der Waals surface area contributed by atoms with Gasteiger partial charge >= 0.3 is 5.97 Å². The fourth-order valence-electron chi connectivity index (χ4n) is 0.853. The van der Waals surface area contributed by atoms with Crippen LogP contribution in [0.15, 0.2) is 18.2 Å². The third-order valence-electron chi connectivity index (χ3n) is 1.40. The molecule has 0 amide bonds. The van der Waals surface area contributed by atoms with Crippen LogP contribution in [0.1, 0.15) is 10.4 Å². The molecule has 0 fully saturated rings. The highest BCUT2D eigenvalue weighted by Gasteiger charge is 2.15. The van der Waals surface area contributed by atoms with Gasteiger partial charge in [-0.1, -0.05) is 6.07 Å². The van der Waals surface area contributed by atoms with Crippen LogP contribution in [0.5, 0.6) is 5.75 Å². The van der Waals surface area contributed by atoms with E-state index in [2.05, 4.69) is 10.2 Å². The molecule has 0 atom stereocenters. The van der Waals surface area contributed by atoms with Crippen LogP contribution < -0.4 is 0 Å². The molecule has 1 N–H and O–H groups in total. The van der Waals surface area contributed by atoms with Crippen molar-refractivity contribution in [3.63, 3.8) is 0 Å². The lowest BCUT2D eigenvalue weighted by molar-refractivity contribution is 0.0569. The zero-order valence-corrected chi connectivity index (χ0v) is 9.74. The molecule has 1 aromatic rings. The van der Waals surface area contributed by atoms with Crippen molar-refractivity contribution < 1.29 is 14.6 Å². The number of phenolic OH excluding ortho intramolecular Hbond substituents is 1. The molecule has 0 saturated carbocycles. The molecule has 1 rings (SSSR count). The normalized spacial score (nSPS) is 9.69. The highest BCUT2D eigenvalue weighted by Crippen LogP contribution is 2.23. The Balaban J connectivity index is 3.05. The maximum Gasteiger partial charge on any atom is 0.342 e. The Morgan fingerprint density at radius 2 is 2.31 bits per heavy atom. The molecule has 5 heteroatoms. The van der Waals surface area contributed by atoms with Crippen molar-refractivity contribution in [1.29, 1.82) is 0 Å². The topological polar surface area (TPSA) is 46.5 Å². The number of carbonyl (C=O) groups is 1. The lowest BCUT2D eigenvalue weighted by atomic mass is 10.2. The fraction of sp³-hybridized carbons (Fsp3) is 0.125. The monoisotopic (exact) mass is 305 g/mol.